The second kappa shape index (κ2) is 9.56. The van der Waals surface area contributed by atoms with Gasteiger partial charge in [0.25, 0.3) is 10.0 Å². The monoisotopic (exact) mass is 549 g/mol. The van der Waals surface area contributed by atoms with Gasteiger partial charge in [0.05, 0.1) is 17.1 Å². The molecule has 5 rings (SSSR count). The van der Waals surface area contributed by atoms with E-state index in [9.17, 15) is 26.8 Å². The molecule has 1 aliphatic heterocycles. The Morgan fingerprint density at radius 1 is 1.14 bits per heavy atom. The molecule has 1 aliphatic rings. The minimum absolute atomic E-state index is 0.0347. The number of fused-ring (bicyclic) bond motifs is 1. The molecule has 3 heterocycles. The van der Waals surface area contributed by atoms with Crippen molar-refractivity contribution in [2.24, 2.45) is 0 Å². The van der Waals surface area contributed by atoms with Crippen molar-refractivity contribution in [3.05, 3.63) is 88.8 Å². The third-order valence-corrected chi connectivity index (χ3v) is 7.78. The fourth-order valence-corrected chi connectivity index (χ4v) is 5.66. The van der Waals surface area contributed by atoms with E-state index in [1.165, 1.54) is 48.9 Å². The number of benzene rings is 2. The molecule has 37 heavy (non-hydrogen) atoms. The van der Waals surface area contributed by atoms with Gasteiger partial charge in [-0.05, 0) is 29.8 Å². The Morgan fingerprint density at radius 2 is 1.92 bits per heavy atom. The molecule has 2 aromatic heterocycles. The smallest absolute Gasteiger partial charge is 0.416 e. The maximum absolute atomic E-state index is 13.4. The van der Waals surface area contributed by atoms with Crippen LogP contribution in [-0.2, 0) is 16.2 Å². The molecule has 0 saturated heterocycles. The second-order valence-corrected chi connectivity index (χ2v) is 10.6. The van der Waals surface area contributed by atoms with Gasteiger partial charge in [0.1, 0.15) is 17.6 Å². The second-order valence-electron chi connectivity index (χ2n) is 8.04. The molecular formula is C24H18F3N3O5S2. The number of thiazole rings is 1. The Hall–Kier alpha value is -3.84. The van der Waals surface area contributed by atoms with E-state index in [0.29, 0.717) is 28.0 Å². The fraction of sp³-hybridized carbons (Fsp3) is 0.167. The largest absolute Gasteiger partial charge is 0.619 e. The van der Waals surface area contributed by atoms with Crippen LogP contribution in [0.1, 0.15) is 23.7 Å². The van der Waals surface area contributed by atoms with Crippen molar-refractivity contribution in [1.82, 2.24) is 4.98 Å². The van der Waals surface area contributed by atoms with Crippen LogP contribution in [0.5, 0.6) is 11.5 Å². The zero-order chi connectivity index (χ0) is 26.2. The molecule has 13 heteroatoms. The number of alkyl halides is 3. The summed E-state index contributed by atoms with van der Waals surface area (Å²) in [4.78, 5) is 3.89. The normalized spacial score (nSPS) is 15.5. The Labute approximate surface area is 213 Å². The summed E-state index contributed by atoms with van der Waals surface area (Å²) >= 11 is 1.14. The van der Waals surface area contributed by atoms with E-state index in [-0.39, 0.29) is 27.9 Å². The highest BCUT2D eigenvalue weighted by atomic mass is 32.2. The molecule has 0 fully saturated rings. The van der Waals surface area contributed by atoms with Crippen molar-refractivity contribution in [2.75, 3.05) is 11.3 Å². The van der Waals surface area contributed by atoms with E-state index in [1.807, 2.05) is 0 Å². The fourth-order valence-electron chi connectivity index (χ4n) is 3.85. The summed E-state index contributed by atoms with van der Waals surface area (Å²) in [6, 6.07) is 10.3. The van der Waals surface area contributed by atoms with E-state index in [4.69, 9.17) is 9.47 Å². The van der Waals surface area contributed by atoms with Crippen molar-refractivity contribution in [3.63, 3.8) is 0 Å². The highest BCUT2D eigenvalue weighted by Gasteiger charge is 2.32. The van der Waals surface area contributed by atoms with E-state index in [2.05, 4.69) is 9.71 Å². The number of nitrogens with zero attached hydrogens (tertiary/aromatic N) is 2. The Balaban J connectivity index is 1.47. The summed E-state index contributed by atoms with van der Waals surface area (Å²) in [7, 11) is -3.92. The molecule has 2 aromatic carbocycles. The lowest BCUT2D eigenvalue weighted by molar-refractivity contribution is -0.605. The highest BCUT2D eigenvalue weighted by molar-refractivity contribution is 7.93. The topological polar surface area (TPSA) is 104 Å². The predicted octanol–water partition coefficient (Wildman–Crippen LogP) is 5.17. The lowest BCUT2D eigenvalue weighted by atomic mass is 10.0. The van der Waals surface area contributed by atoms with Crippen LogP contribution in [0.25, 0.3) is 11.1 Å². The summed E-state index contributed by atoms with van der Waals surface area (Å²) in [5.74, 6) is 0.468. The molecule has 192 valence electrons. The van der Waals surface area contributed by atoms with Crippen LogP contribution < -0.4 is 18.9 Å². The van der Waals surface area contributed by atoms with Crippen LogP contribution in [0.4, 0.5) is 18.3 Å². The average molecular weight is 550 g/mol. The molecular weight excluding hydrogens is 531 g/mol. The van der Waals surface area contributed by atoms with Gasteiger partial charge in [0.15, 0.2) is 17.5 Å². The number of halogens is 3. The highest BCUT2D eigenvalue weighted by Crippen LogP contribution is 2.42. The van der Waals surface area contributed by atoms with E-state index < -0.39 is 27.9 Å². The van der Waals surface area contributed by atoms with Crippen molar-refractivity contribution in [2.45, 2.75) is 23.6 Å². The van der Waals surface area contributed by atoms with Gasteiger partial charge in [-0.25, -0.2) is 13.4 Å². The summed E-state index contributed by atoms with van der Waals surface area (Å²) in [5.41, 5.74) is 0.227. The lowest BCUT2D eigenvalue weighted by Gasteiger charge is -2.28. The molecule has 0 aliphatic carbocycles. The Bertz CT molecular complexity index is 1530. The van der Waals surface area contributed by atoms with Crippen molar-refractivity contribution in [1.29, 1.82) is 0 Å². The number of sulfonamides is 1. The quantitative estimate of drug-likeness (QED) is 0.263. The summed E-state index contributed by atoms with van der Waals surface area (Å²) < 4.78 is 80.5. The minimum atomic E-state index is -4.57. The first-order valence-electron chi connectivity index (χ1n) is 10.9. The standard InChI is InChI=1S/C24H18F3N3O5S2/c25-24(26,27)16-1-4-20(19(13-16)15-5-9-30(31)10-6-15)35-21-7-11-34-22-14-17(2-3-18(21)22)37(32,33)29-23-28-8-12-36-23/h1-6,8-10,12-14,21H,7,11H2,(H,28,29). The van der Waals surface area contributed by atoms with Crippen LogP contribution in [0.2, 0.25) is 0 Å². The number of pyridine rings is 1. The molecule has 1 N–H and O–H groups in total. The van der Waals surface area contributed by atoms with Crippen LogP contribution in [0, 0.1) is 5.21 Å². The number of rotatable bonds is 6. The summed E-state index contributed by atoms with van der Waals surface area (Å²) in [6.07, 6.45) is -0.956. The first kappa shape index (κ1) is 24.8. The molecule has 8 nitrogen and oxygen atoms in total. The van der Waals surface area contributed by atoms with Gasteiger partial charge < -0.3 is 14.7 Å². The Morgan fingerprint density at radius 3 is 2.62 bits per heavy atom. The van der Waals surface area contributed by atoms with Gasteiger partial charge in [0.2, 0.25) is 0 Å². The minimum Gasteiger partial charge on any atom is -0.619 e. The summed E-state index contributed by atoms with van der Waals surface area (Å²) in [6.45, 7) is 0.207. The molecule has 1 unspecified atom stereocenters. The zero-order valence-corrected chi connectivity index (χ0v) is 20.4. The molecule has 0 radical (unpaired) electrons. The zero-order valence-electron chi connectivity index (χ0n) is 18.8. The van der Waals surface area contributed by atoms with Gasteiger partial charge in [-0.3, -0.25) is 4.72 Å². The van der Waals surface area contributed by atoms with Crippen LogP contribution in [0.15, 0.2) is 77.4 Å². The van der Waals surface area contributed by atoms with Gasteiger partial charge in [-0.2, -0.15) is 17.9 Å². The van der Waals surface area contributed by atoms with Crippen molar-refractivity contribution in [3.8, 4) is 22.6 Å². The van der Waals surface area contributed by atoms with E-state index >= 15 is 0 Å². The van der Waals surface area contributed by atoms with Crippen LogP contribution in [0.3, 0.4) is 0 Å². The predicted molar refractivity (Wildman–Crippen MR) is 129 cm³/mol. The molecule has 0 saturated carbocycles. The molecule has 1 atom stereocenters. The van der Waals surface area contributed by atoms with E-state index in [0.717, 1.165) is 23.5 Å². The number of hydrogen-bond acceptors (Lipinski definition) is 7. The third kappa shape index (κ3) is 5.32. The van der Waals surface area contributed by atoms with Crippen LogP contribution in [-0.4, -0.2) is 20.0 Å². The number of ether oxygens (including phenoxy) is 2. The van der Waals surface area contributed by atoms with Gasteiger partial charge in [-0.15, -0.1) is 11.3 Å². The maximum Gasteiger partial charge on any atom is 0.416 e. The molecule has 4 aromatic rings. The first-order chi connectivity index (χ1) is 17.6. The summed E-state index contributed by atoms with van der Waals surface area (Å²) in [5, 5.41) is 13.3. The van der Waals surface area contributed by atoms with Gasteiger partial charge in [0, 0.05) is 47.3 Å². The lowest BCUT2D eigenvalue weighted by Crippen LogP contribution is -2.23. The van der Waals surface area contributed by atoms with Crippen LogP contribution >= 0.6 is 11.3 Å². The third-order valence-electron chi connectivity index (χ3n) is 5.62. The van der Waals surface area contributed by atoms with Gasteiger partial charge >= 0.3 is 6.18 Å². The number of anilines is 1. The van der Waals surface area contributed by atoms with Crippen molar-refractivity contribution < 1.29 is 35.8 Å². The van der Waals surface area contributed by atoms with Gasteiger partial charge in [-0.1, -0.05) is 6.07 Å². The molecule has 0 amide bonds. The molecule has 0 spiro atoms. The molecule has 0 bridgehead atoms. The maximum atomic E-state index is 13.4. The number of aromatic nitrogens is 2. The van der Waals surface area contributed by atoms with Crippen molar-refractivity contribution >= 4 is 26.5 Å². The number of hydrogen-bond donors (Lipinski definition) is 1. The number of nitrogens with one attached hydrogen (secondary N) is 1. The van der Waals surface area contributed by atoms with E-state index in [1.54, 1.807) is 11.4 Å². The first-order valence-corrected chi connectivity index (χ1v) is 13.2. The average Bonchev–Trinajstić information content (AvgIpc) is 3.36. The SMILES string of the molecule is O=S(=O)(Nc1nccs1)c1ccc2c(c1)OCCC2Oc1ccc(C(F)(F)F)cc1-c1cc[n+]([O-])cc1. The Kier molecular flexibility index (Phi) is 6.42.